The molecule has 6 nitrogen and oxygen atoms in total. The lowest BCUT2D eigenvalue weighted by Crippen LogP contribution is -2.16. The van der Waals surface area contributed by atoms with Crippen LogP contribution in [0.25, 0.3) is 0 Å². The molecule has 1 aliphatic rings. The molecule has 0 N–H and O–H groups in total. The summed E-state index contributed by atoms with van der Waals surface area (Å²) in [7, 11) is -3.40. The van der Waals surface area contributed by atoms with Gasteiger partial charge in [0.15, 0.2) is 21.3 Å². The van der Waals surface area contributed by atoms with Crippen molar-refractivity contribution in [1.82, 2.24) is 5.16 Å². The second-order valence-corrected chi connectivity index (χ2v) is 7.53. The number of aromatic nitrogens is 1. The minimum atomic E-state index is -3.40. The predicted octanol–water partition coefficient (Wildman–Crippen LogP) is 2.52. The Morgan fingerprint density at radius 3 is 2.68 bits per heavy atom. The van der Waals surface area contributed by atoms with Gasteiger partial charge < -0.3 is 14.0 Å². The van der Waals surface area contributed by atoms with Gasteiger partial charge in [0.2, 0.25) is 0 Å². The van der Waals surface area contributed by atoms with E-state index in [9.17, 15) is 8.42 Å². The minimum absolute atomic E-state index is 0.157. The van der Waals surface area contributed by atoms with Crippen LogP contribution in [0.2, 0.25) is 5.02 Å². The van der Waals surface area contributed by atoms with Gasteiger partial charge in [-0.15, -0.1) is 0 Å². The van der Waals surface area contributed by atoms with Gasteiger partial charge in [-0.2, -0.15) is 0 Å². The van der Waals surface area contributed by atoms with E-state index in [-0.39, 0.29) is 11.5 Å². The lowest BCUT2D eigenvalue weighted by molar-refractivity contribution is 0.171. The van der Waals surface area contributed by atoms with Gasteiger partial charge in [0.25, 0.3) is 0 Å². The number of ether oxygens (including phenoxy) is 2. The van der Waals surface area contributed by atoms with Gasteiger partial charge in [-0.05, 0) is 24.6 Å². The summed E-state index contributed by atoms with van der Waals surface area (Å²) in [5, 5.41) is 4.05. The molecule has 1 aromatic heterocycles. The number of rotatable bonds is 4. The van der Waals surface area contributed by atoms with Gasteiger partial charge in [-0.3, -0.25) is 0 Å². The number of nitrogens with zero attached hydrogens (tertiary/aromatic N) is 1. The normalized spacial score (nSPS) is 14.1. The fraction of sp³-hybridized carbons (Fsp3) is 0.357. The summed E-state index contributed by atoms with van der Waals surface area (Å²) in [6.07, 6.45) is 0. The van der Waals surface area contributed by atoms with E-state index in [1.54, 1.807) is 25.1 Å². The lowest BCUT2D eigenvalue weighted by Gasteiger charge is -2.20. The van der Waals surface area contributed by atoms with Crippen molar-refractivity contribution in [2.24, 2.45) is 0 Å². The van der Waals surface area contributed by atoms with Crippen LogP contribution in [0.4, 0.5) is 0 Å². The summed E-state index contributed by atoms with van der Waals surface area (Å²) in [4.78, 5) is 0. The topological polar surface area (TPSA) is 78.6 Å². The molecule has 0 radical (unpaired) electrons. The van der Waals surface area contributed by atoms with Gasteiger partial charge in [0, 0.05) is 6.07 Å². The highest BCUT2D eigenvalue weighted by atomic mass is 35.5. The van der Waals surface area contributed by atoms with Crippen molar-refractivity contribution >= 4 is 21.4 Å². The van der Waals surface area contributed by atoms with E-state index in [4.69, 9.17) is 25.6 Å². The van der Waals surface area contributed by atoms with Crippen molar-refractivity contribution in [3.8, 4) is 11.5 Å². The largest absolute Gasteiger partial charge is 0.486 e. The summed E-state index contributed by atoms with van der Waals surface area (Å²) in [6, 6.07) is 4.83. The van der Waals surface area contributed by atoms with Gasteiger partial charge in [-0.1, -0.05) is 16.8 Å². The van der Waals surface area contributed by atoms with Gasteiger partial charge in [-0.25, -0.2) is 8.42 Å². The molecule has 0 spiro atoms. The molecular weight excluding hydrogens is 330 g/mol. The van der Waals surface area contributed by atoms with Crippen molar-refractivity contribution in [2.75, 3.05) is 13.2 Å². The number of halogens is 1. The zero-order valence-corrected chi connectivity index (χ0v) is 13.4. The summed E-state index contributed by atoms with van der Waals surface area (Å²) >= 11 is 6.11. The Kier molecular flexibility index (Phi) is 4.01. The predicted molar refractivity (Wildman–Crippen MR) is 80.0 cm³/mol. The molecular formula is C14H14ClNO5S. The van der Waals surface area contributed by atoms with Crippen molar-refractivity contribution in [2.45, 2.75) is 18.4 Å². The average molecular weight is 344 g/mol. The zero-order chi connectivity index (χ0) is 15.7. The molecule has 8 heteroatoms. The number of hydrogen-bond donors (Lipinski definition) is 0. The number of hydrogen-bond acceptors (Lipinski definition) is 6. The Morgan fingerprint density at radius 1 is 1.18 bits per heavy atom. The molecule has 3 rings (SSSR count). The smallest absolute Gasteiger partial charge is 0.179 e. The third-order valence-corrected chi connectivity index (χ3v) is 4.88. The fourth-order valence-electron chi connectivity index (χ4n) is 2.26. The number of fused-ring (bicyclic) bond motifs is 1. The van der Waals surface area contributed by atoms with E-state index in [1.807, 2.05) is 0 Å². The summed E-state index contributed by atoms with van der Waals surface area (Å²) in [6.45, 7) is 2.55. The first-order valence-corrected chi connectivity index (χ1v) is 8.83. The van der Waals surface area contributed by atoms with Crippen LogP contribution in [-0.4, -0.2) is 26.8 Å². The van der Waals surface area contributed by atoms with Crippen LogP contribution >= 0.6 is 11.6 Å². The second kappa shape index (κ2) is 5.81. The molecule has 0 saturated heterocycles. The highest BCUT2D eigenvalue weighted by molar-refractivity contribution is 7.89. The molecule has 0 amide bonds. The molecule has 0 fully saturated rings. The molecule has 0 saturated carbocycles. The van der Waals surface area contributed by atoms with Crippen LogP contribution in [-0.2, 0) is 21.3 Å². The Morgan fingerprint density at radius 2 is 1.95 bits per heavy atom. The van der Waals surface area contributed by atoms with E-state index in [2.05, 4.69) is 5.16 Å². The van der Waals surface area contributed by atoms with E-state index >= 15 is 0 Å². The zero-order valence-electron chi connectivity index (χ0n) is 11.8. The third-order valence-electron chi connectivity index (χ3n) is 3.09. The Hall–Kier alpha value is -1.73. The number of benzene rings is 1. The first-order chi connectivity index (χ1) is 10.4. The first kappa shape index (κ1) is 15.2. The summed E-state index contributed by atoms with van der Waals surface area (Å²) in [5.41, 5.74) is 0.940. The standard InChI is InChI=1S/C14H14ClNO5S/c1-9-4-11(16-21-9)8-22(17,18)7-10-5-12(15)14-13(6-10)19-2-3-20-14/h4-6H,2-3,7-8H2,1H3. The van der Waals surface area contributed by atoms with Crippen molar-refractivity contribution in [3.05, 3.63) is 40.2 Å². The molecule has 0 atom stereocenters. The van der Waals surface area contributed by atoms with Crippen molar-refractivity contribution < 1.29 is 22.4 Å². The Balaban J connectivity index is 1.81. The van der Waals surface area contributed by atoms with Crippen LogP contribution < -0.4 is 9.47 Å². The summed E-state index contributed by atoms with van der Waals surface area (Å²) in [5.74, 6) is 1.17. The Bertz CT molecular complexity index is 800. The monoisotopic (exact) mass is 343 g/mol. The maximum absolute atomic E-state index is 12.3. The maximum Gasteiger partial charge on any atom is 0.179 e. The van der Waals surface area contributed by atoms with Crippen LogP contribution in [0.1, 0.15) is 17.0 Å². The maximum atomic E-state index is 12.3. The Labute approximate surface area is 132 Å². The van der Waals surface area contributed by atoms with Crippen LogP contribution in [0, 0.1) is 6.92 Å². The van der Waals surface area contributed by atoms with Crippen LogP contribution in [0.3, 0.4) is 0 Å². The van der Waals surface area contributed by atoms with E-state index in [0.29, 0.717) is 46.8 Å². The number of sulfone groups is 1. The molecule has 1 aliphatic heterocycles. The van der Waals surface area contributed by atoms with E-state index in [1.165, 1.54) is 0 Å². The molecule has 2 aromatic rings. The van der Waals surface area contributed by atoms with Gasteiger partial charge in [0.1, 0.15) is 19.0 Å². The SMILES string of the molecule is Cc1cc(CS(=O)(=O)Cc2cc(Cl)c3c(c2)OCCO3)no1. The first-order valence-electron chi connectivity index (χ1n) is 6.63. The summed E-state index contributed by atoms with van der Waals surface area (Å²) < 4.78 is 40.3. The second-order valence-electron chi connectivity index (χ2n) is 5.06. The van der Waals surface area contributed by atoms with Crippen LogP contribution in [0.15, 0.2) is 22.7 Å². The van der Waals surface area contributed by atoms with Crippen molar-refractivity contribution in [1.29, 1.82) is 0 Å². The third kappa shape index (κ3) is 3.36. The fourth-order valence-corrected chi connectivity index (χ4v) is 3.91. The molecule has 0 bridgehead atoms. The van der Waals surface area contributed by atoms with E-state index < -0.39 is 9.84 Å². The molecule has 1 aromatic carbocycles. The minimum Gasteiger partial charge on any atom is -0.486 e. The van der Waals surface area contributed by atoms with Crippen LogP contribution in [0.5, 0.6) is 11.5 Å². The van der Waals surface area contributed by atoms with Gasteiger partial charge >= 0.3 is 0 Å². The molecule has 2 heterocycles. The molecule has 0 unspecified atom stereocenters. The molecule has 0 aliphatic carbocycles. The number of aryl methyl sites for hydroxylation is 1. The quantitative estimate of drug-likeness (QED) is 0.848. The molecule has 22 heavy (non-hydrogen) atoms. The van der Waals surface area contributed by atoms with Gasteiger partial charge in [0.05, 0.1) is 22.2 Å². The average Bonchev–Trinajstić information content (AvgIpc) is 2.82. The molecule has 118 valence electrons. The highest BCUT2D eigenvalue weighted by Gasteiger charge is 2.21. The highest BCUT2D eigenvalue weighted by Crippen LogP contribution is 2.38. The lowest BCUT2D eigenvalue weighted by atomic mass is 10.2. The van der Waals surface area contributed by atoms with Crippen molar-refractivity contribution in [3.63, 3.8) is 0 Å². The van der Waals surface area contributed by atoms with E-state index in [0.717, 1.165) is 0 Å².